The van der Waals surface area contributed by atoms with Gasteiger partial charge in [0.15, 0.2) is 0 Å². The second-order valence-electron chi connectivity index (χ2n) is 8.97. The Morgan fingerprint density at radius 2 is 1.82 bits per heavy atom. The van der Waals surface area contributed by atoms with E-state index in [-0.39, 0.29) is 41.6 Å². The summed E-state index contributed by atoms with van der Waals surface area (Å²) < 4.78 is 70.1. The molecule has 3 rings (SSSR count). The van der Waals surface area contributed by atoms with Crippen molar-refractivity contribution in [3.8, 4) is 5.75 Å². The molecule has 0 fully saturated rings. The molecule has 7 nitrogen and oxygen atoms in total. The van der Waals surface area contributed by atoms with E-state index in [1.54, 1.807) is 42.9 Å². The third-order valence-corrected chi connectivity index (χ3v) is 6.54. The molecule has 0 spiro atoms. The number of amides is 2. The molecule has 1 heterocycles. The molecule has 1 aromatic heterocycles. The molecule has 39 heavy (non-hydrogen) atoms. The maximum atomic E-state index is 12.8. The van der Waals surface area contributed by atoms with E-state index < -0.39 is 31.7 Å². The van der Waals surface area contributed by atoms with Crippen LogP contribution in [0, 0.1) is 5.92 Å². The summed E-state index contributed by atoms with van der Waals surface area (Å²) in [7, 11) is 1.62. The quantitative estimate of drug-likeness (QED) is 0.296. The van der Waals surface area contributed by atoms with Gasteiger partial charge in [0, 0.05) is 37.0 Å². The largest absolute Gasteiger partial charge is 0.487 e. The van der Waals surface area contributed by atoms with Crippen LogP contribution in [0.1, 0.15) is 41.2 Å². The first-order chi connectivity index (χ1) is 18.2. The maximum absolute atomic E-state index is 12.8. The van der Waals surface area contributed by atoms with Crippen LogP contribution in [0.5, 0.6) is 5.75 Å². The fourth-order valence-electron chi connectivity index (χ4n) is 3.64. The lowest BCUT2D eigenvalue weighted by molar-refractivity contribution is -0.124. The summed E-state index contributed by atoms with van der Waals surface area (Å²) in [5, 5.41) is 5.14. The van der Waals surface area contributed by atoms with Gasteiger partial charge in [0.1, 0.15) is 24.7 Å². The van der Waals surface area contributed by atoms with Crippen LogP contribution in [-0.4, -0.2) is 47.1 Å². The zero-order valence-electron chi connectivity index (χ0n) is 21.1. The predicted octanol–water partition coefficient (Wildman–Crippen LogP) is 5.68. The van der Waals surface area contributed by atoms with Gasteiger partial charge in [0.05, 0.1) is 21.6 Å². The first-order valence-electron chi connectivity index (χ1n) is 11.7. The standard InChI is InChI=1S/C25H25Cl2F5N4O3/c1-12(2)23(37)33-9-13-4-5-16(26)14(22(13)27)7-21-35-17-6-15(24(38)34-11-25(30,31)32)19(39-10-20(28)29)8-18(17)36(21)3/h4-6,8,12,20H,7,9-11H2,1-3H3,(H,33,37)(H,34,38). The molecule has 0 saturated carbocycles. The Morgan fingerprint density at radius 1 is 1.13 bits per heavy atom. The molecule has 0 aliphatic rings. The number of alkyl halides is 5. The Bertz CT molecular complexity index is 1380. The molecule has 0 aliphatic heterocycles. The van der Waals surface area contributed by atoms with E-state index in [1.165, 1.54) is 12.1 Å². The van der Waals surface area contributed by atoms with E-state index >= 15 is 0 Å². The summed E-state index contributed by atoms with van der Waals surface area (Å²) >= 11 is 13.0. The lowest BCUT2D eigenvalue weighted by Crippen LogP contribution is -2.34. The molecule has 0 atom stereocenters. The number of nitrogens with zero attached hydrogens (tertiary/aromatic N) is 2. The fourth-order valence-corrected chi connectivity index (χ4v) is 4.21. The minimum atomic E-state index is -4.67. The van der Waals surface area contributed by atoms with Gasteiger partial charge in [0.25, 0.3) is 12.3 Å². The van der Waals surface area contributed by atoms with Crippen LogP contribution in [-0.2, 0) is 24.8 Å². The normalized spacial score (nSPS) is 11.9. The molecular weight excluding hydrogens is 570 g/mol. The van der Waals surface area contributed by atoms with E-state index in [4.69, 9.17) is 27.9 Å². The molecule has 3 aromatic rings. The SMILES string of the molecule is CC(C)C(=O)NCc1ccc(Cl)c(Cc2nc3cc(C(=O)NCC(F)(F)F)c(OCC(F)F)cc3n2C)c1Cl. The number of hydrogen-bond acceptors (Lipinski definition) is 4. The van der Waals surface area contributed by atoms with Crippen molar-refractivity contribution in [3.05, 3.63) is 56.8 Å². The Hall–Kier alpha value is -3.12. The van der Waals surface area contributed by atoms with Gasteiger partial charge in [-0.1, -0.05) is 43.1 Å². The summed E-state index contributed by atoms with van der Waals surface area (Å²) in [5.41, 5.74) is 1.33. The van der Waals surface area contributed by atoms with Crippen LogP contribution in [0.4, 0.5) is 22.0 Å². The molecule has 212 valence electrons. The summed E-state index contributed by atoms with van der Waals surface area (Å²) in [6.45, 7) is 0.998. The Kier molecular flexibility index (Phi) is 9.65. The highest BCUT2D eigenvalue weighted by Crippen LogP contribution is 2.32. The monoisotopic (exact) mass is 594 g/mol. The minimum absolute atomic E-state index is 0.109. The highest BCUT2D eigenvalue weighted by Gasteiger charge is 2.29. The second-order valence-corrected chi connectivity index (χ2v) is 9.76. The van der Waals surface area contributed by atoms with Crippen molar-refractivity contribution in [1.82, 2.24) is 20.2 Å². The molecule has 2 amide bonds. The van der Waals surface area contributed by atoms with Crippen LogP contribution in [0.25, 0.3) is 11.0 Å². The topological polar surface area (TPSA) is 85.2 Å². The van der Waals surface area contributed by atoms with Gasteiger partial charge < -0.3 is 19.9 Å². The van der Waals surface area contributed by atoms with Gasteiger partial charge in [-0.2, -0.15) is 13.2 Å². The molecule has 0 aliphatic carbocycles. The van der Waals surface area contributed by atoms with E-state index in [0.29, 0.717) is 32.5 Å². The van der Waals surface area contributed by atoms with Crippen molar-refractivity contribution in [2.75, 3.05) is 13.2 Å². The highest BCUT2D eigenvalue weighted by molar-refractivity contribution is 6.36. The van der Waals surface area contributed by atoms with Gasteiger partial charge in [-0.3, -0.25) is 9.59 Å². The number of aryl methyl sites for hydroxylation is 1. The number of ether oxygens (including phenoxy) is 1. The molecule has 0 saturated heterocycles. The summed E-state index contributed by atoms with van der Waals surface area (Å²) in [6.07, 6.45) is -7.44. The Balaban J connectivity index is 1.98. The minimum Gasteiger partial charge on any atom is -0.487 e. The fraction of sp³-hybridized carbons (Fsp3) is 0.400. The van der Waals surface area contributed by atoms with Gasteiger partial charge in [0.2, 0.25) is 5.91 Å². The maximum Gasteiger partial charge on any atom is 0.405 e. The number of carbonyl (C=O) groups excluding carboxylic acids is 2. The molecule has 2 aromatic carbocycles. The average molecular weight is 595 g/mol. The van der Waals surface area contributed by atoms with Crippen LogP contribution >= 0.6 is 23.2 Å². The van der Waals surface area contributed by atoms with Crippen molar-refractivity contribution in [3.63, 3.8) is 0 Å². The van der Waals surface area contributed by atoms with E-state index in [2.05, 4.69) is 10.3 Å². The van der Waals surface area contributed by atoms with Gasteiger partial charge >= 0.3 is 6.18 Å². The Labute approximate surface area is 230 Å². The second kappa shape index (κ2) is 12.4. The van der Waals surface area contributed by atoms with Crippen molar-refractivity contribution in [2.45, 2.75) is 39.4 Å². The number of rotatable bonds is 10. The first kappa shape index (κ1) is 30.4. The van der Waals surface area contributed by atoms with E-state index in [9.17, 15) is 31.5 Å². The number of aromatic nitrogens is 2. The molecule has 14 heteroatoms. The number of benzene rings is 2. The lowest BCUT2D eigenvalue weighted by atomic mass is 10.1. The van der Waals surface area contributed by atoms with Crippen LogP contribution in [0.2, 0.25) is 10.0 Å². The number of carbonyl (C=O) groups is 2. The van der Waals surface area contributed by atoms with Crippen molar-refractivity contribution in [1.29, 1.82) is 0 Å². The van der Waals surface area contributed by atoms with Crippen LogP contribution in [0.3, 0.4) is 0 Å². The molecule has 0 radical (unpaired) electrons. The lowest BCUT2D eigenvalue weighted by Gasteiger charge is -2.14. The number of hydrogen-bond donors (Lipinski definition) is 2. The van der Waals surface area contributed by atoms with Crippen LogP contribution < -0.4 is 15.4 Å². The number of imidazole rings is 1. The van der Waals surface area contributed by atoms with Crippen LogP contribution in [0.15, 0.2) is 24.3 Å². The molecule has 0 unspecified atom stereocenters. The number of halogens is 7. The van der Waals surface area contributed by atoms with Crippen molar-refractivity contribution < 1.29 is 36.3 Å². The number of fused-ring (bicyclic) bond motifs is 1. The van der Waals surface area contributed by atoms with E-state index in [1.807, 2.05) is 0 Å². The zero-order chi connectivity index (χ0) is 29.1. The van der Waals surface area contributed by atoms with Gasteiger partial charge in [-0.25, -0.2) is 13.8 Å². The smallest absolute Gasteiger partial charge is 0.405 e. The zero-order valence-corrected chi connectivity index (χ0v) is 22.6. The summed E-state index contributed by atoms with van der Waals surface area (Å²) in [5.74, 6) is -1.45. The van der Waals surface area contributed by atoms with Crippen molar-refractivity contribution >= 4 is 46.0 Å². The third-order valence-electron chi connectivity index (χ3n) is 5.71. The van der Waals surface area contributed by atoms with E-state index in [0.717, 1.165) is 0 Å². The summed E-state index contributed by atoms with van der Waals surface area (Å²) in [6, 6.07) is 5.74. The predicted molar refractivity (Wildman–Crippen MR) is 137 cm³/mol. The average Bonchev–Trinajstić information content (AvgIpc) is 3.16. The molecule has 2 N–H and O–H groups in total. The highest BCUT2D eigenvalue weighted by atomic mass is 35.5. The first-order valence-corrected chi connectivity index (χ1v) is 12.4. The van der Waals surface area contributed by atoms with Gasteiger partial charge in [-0.05, 0) is 23.3 Å². The van der Waals surface area contributed by atoms with Gasteiger partial charge in [-0.15, -0.1) is 0 Å². The van der Waals surface area contributed by atoms with Crippen molar-refractivity contribution in [2.24, 2.45) is 13.0 Å². The Morgan fingerprint density at radius 3 is 2.44 bits per heavy atom. The number of nitrogens with one attached hydrogen (secondary N) is 2. The summed E-state index contributed by atoms with van der Waals surface area (Å²) in [4.78, 5) is 28.9. The molecule has 0 bridgehead atoms. The third kappa shape index (κ3) is 7.72. The molecular formula is C25H25Cl2F5N4O3.